The lowest BCUT2D eigenvalue weighted by atomic mass is 9.85. The Hall–Kier alpha value is -0.990. The highest BCUT2D eigenvalue weighted by Gasteiger charge is 2.18. The first kappa shape index (κ1) is 12.1. The molecule has 1 heterocycles. The second kappa shape index (κ2) is 5.19. The number of nitrogens with one attached hydrogen (secondary N) is 1. The molecule has 1 aromatic heterocycles. The van der Waals surface area contributed by atoms with Crippen LogP contribution in [0.5, 0.6) is 0 Å². The SMILES string of the molecule is CNc1nccn1CC(C(C)C)C(C)C. The van der Waals surface area contributed by atoms with Crippen LogP contribution in [-0.4, -0.2) is 16.6 Å². The average molecular weight is 209 g/mol. The largest absolute Gasteiger partial charge is 0.359 e. The molecule has 0 saturated carbocycles. The molecule has 0 amide bonds. The lowest BCUT2D eigenvalue weighted by molar-refractivity contribution is 0.253. The minimum absolute atomic E-state index is 0.700. The normalized spacial score (nSPS) is 11.7. The Morgan fingerprint density at radius 2 is 1.87 bits per heavy atom. The Morgan fingerprint density at radius 3 is 2.33 bits per heavy atom. The van der Waals surface area contributed by atoms with E-state index >= 15 is 0 Å². The van der Waals surface area contributed by atoms with Crippen molar-refractivity contribution in [1.82, 2.24) is 9.55 Å². The van der Waals surface area contributed by atoms with Gasteiger partial charge in [0.25, 0.3) is 0 Å². The van der Waals surface area contributed by atoms with E-state index in [0.29, 0.717) is 17.8 Å². The predicted molar refractivity (Wildman–Crippen MR) is 64.9 cm³/mol. The van der Waals surface area contributed by atoms with Crippen LogP contribution in [0.3, 0.4) is 0 Å². The Labute approximate surface area is 92.9 Å². The van der Waals surface area contributed by atoms with E-state index in [4.69, 9.17) is 0 Å². The van der Waals surface area contributed by atoms with Gasteiger partial charge in [-0.2, -0.15) is 0 Å². The molecular formula is C12H23N3. The number of nitrogens with zero attached hydrogens (tertiary/aromatic N) is 2. The first-order valence-electron chi connectivity index (χ1n) is 5.75. The number of hydrogen-bond acceptors (Lipinski definition) is 2. The second-order valence-corrected chi connectivity index (χ2v) is 4.81. The monoisotopic (exact) mass is 209 g/mol. The van der Waals surface area contributed by atoms with Gasteiger partial charge in [0.2, 0.25) is 5.95 Å². The highest BCUT2D eigenvalue weighted by atomic mass is 15.2. The Kier molecular flexibility index (Phi) is 4.18. The molecule has 1 rings (SSSR count). The molecule has 86 valence electrons. The topological polar surface area (TPSA) is 29.9 Å². The molecule has 0 radical (unpaired) electrons. The summed E-state index contributed by atoms with van der Waals surface area (Å²) < 4.78 is 2.20. The van der Waals surface area contributed by atoms with Gasteiger partial charge in [0.05, 0.1) is 0 Å². The van der Waals surface area contributed by atoms with Gasteiger partial charge in [-0.05, 0) is 17.8 Å². The van der Waals surface area contributed by atoms with E-state index in [0.717, 1.165) is 12.5 Å². The van der Waals surface area contributed by atoms with Gasteiger partial charge in [0, 0.05) is 26.0 Å². The molecule has 0 aliphatic heterocycles. The zero-order chi connectivity index (χ0) is 11.4. The molecule has 0 atom stereocenters. The summed E-state index contributed by atoms with van der Waals surface area (Å²) in [5, 5.41) is 3.11. The maximum atomic E-state index is 4.26. The molecule has 0 saturated heterocycles. The summed E-state index contributed by atoms with van der Waals surface area (Å²) >= 11 is 0. The maximum absolute atomic E-state index is 4.26. The second-order valence-electron chi connectivity index (χ2n) is 4.81. The van der Waals surface area contributed by atoms with Crippen molar-refractivity contribution in [2.24, 2.45) is 17.8 Å². The smallest absolute Gasteiger partial charge is 0.202 e. The van der Waals surface area contributed by atoms with Crippen LogP contribution in [0.2, 0.25) is 0 Å². The van der Waals surface area contributed by atoms with Crippen LogP contribution in [0.4, 0.5) is 5.95 Å². The van der Waals surface area contributed by atoms with Gasteiger partial charge in [0.15, 0.2) is 0 Å². The third-order valence-electron chi connectivity index (χ3n) is 3.06. The summed E-state index contributed by atoms with van der Waals surface area (Å²) in [6.07, 6.45) is 3.90. The summed E-state index contributed by atoms with van der Waals surface area (Å²) in [5.74, 6) is 3.07. The summed E-state index contributed by atoms with van der Waals surface area (Å²) in [7, 11) is 1.92. The van der Waals surface area contributed by atoms with E-state index in [1.165, 1.54) is 0 Å². The van der Waals surface area contributed by atoms with Crippen molar-refractivity contribution >= 4 is 5.95 Å². The first-order valence-corrected chi connectivity index (χ1v) is 5.75. The van der Waals surface area contributed by atoms with E-state index in [1.54, 1.807) is 0 Å². The van der Waals surface area contributed by atoms with Crippen LogP contribution in [0.25, 0.3) is 0 Å². The summed E-state index contributed by atoms with van der Waals surface area (Å²) in [6, 6.07) is 0. The quantitative estimate of drug-likeness (QED) is 0.808. The molecule has 3 heteroatoms. The zero-order valence-corrected chi connectivity index (χ0v) is 10.5. The van der Waals surface area contributed by atoms with Crippen LogP contribution >= 0.6 is 0 Å². The third kappa shape index (κ3) is 2.98. The van der Waals surface area contributed by atoms with E-state index in [-0.39, 0.29) is 0 Å². The summed E-state index contributed by atoms with van der Waals surface area (Å²) in [5.41, 5.74) is 0. The fourth-order valence-electron chi connectivity index (χ4n) is 2.10. The van der Waals surface area contributed by atoms with E-state index in [1.807, 2.05) is 19.4 Å². The van der Waals surface area contributed by atoms with Crippen LogP contribution < -0.4 is 5.32 Å². The predicted octanol–water partition coefficient (Wildman–Crippen LogP) is 2.85. The van der Waals surface area contributed by atoms with Crippen LogP contribution in [0.1, 0.15) is 27.7 Å². The molecule has 0 aromatic carbocycles. The molecule has 3 nitrogen and oxygen atoms in total. The molecule has 0 unspecified atom stereocenters. The minimum Gasteiger partial charge on any atom is -0.359 e. The van der Waals surface area contributed by atoms with Gasteiger partial charge >= 0.3 is 0 Å². The summed E-state index contributed by atoms with van der Waals surface area (Å²) in [4.78, 5) is 4.26. The number of anilines is 1. The van der Waals surface area contributed by atoms with E-state index < -0.39 is 0 Å². The molecule has 0 spiro atoms. The van der Waals surface area contributed by atoms with Crippen molar-refractivity contribution in [2.45, 2.75) is 34.2 Å². The number of rotatable bonds is 5. The van der Waals surface area contributed by atoms with Crippen molar-refractivity contribution < 1.29 is 0 Å². The Balaban J connectivity index is 2.74. The number of hydrogen-bond donors (Lipinski definition) is 1. The molecule has 1 aromatic rings. The van der Waals surface area contributed by atoms with E-state index in [2.05, 4.69) is 42.6 Å². The zero-order valence-electron chi connectivity index (χ0n) is 10.5. The summed E-state index contributed by atoms with van der Waals surface area (Å²) in [6.45, 7) is 10.2. The van der Waals surface area contributed by atoms with Gasteiger partial charge in [-0.25, -0.2) is 4.98 Å². The molecular weight excluding hydrogens is 186 g/mol. The number of aromatic nitrogens is 2. The molecule has 1 N–H and O–H groups in total. The van der Waals surface area contributed by atoms with Crippen molar-refractivity contribution in [1.29, 1.82) is 0 Å². The van der Waals surface area contributed by atoms with Gasteiger partial charge in [-0.15, -0.1) is 0 Å². The van der Waals surface area contributed by atoms with Crippen molar-refractivity contribution in [3.05, 3.63) is 12.4 Å². The van der Waals surface area contributed by atoms with Gasteiger partial charge in [-0.1, -0.05) is 27.7 Å². The molecule has 0 bridgehead atoms. The highest BCUT2D eigenvalue weighted by molar-refractivity contribution is 5.24. The van der Waals surface area contributed by atoms with Crippen LogP contribution in [0.15, 0.2) is 12.4 Å². The maximum Gasteiger partial charge on any atom is 0.202 e. The average Bonchev–Trinajstić information content (AvgIpc) is 2.59. The fourth-order valence-corrected chi connectivity index (χ4v) is 2.10. The standard InChI is InChI=1S/C12H23N3/c1-9(2)11(10(3)4)8-15-7-6-14-12(15)13-5/h6-7,9-11H,8H2,1-5H3,(H,13,14). The van der Waals surface area contributed by atoms with Gasteiger partial charge < -0.3 is 9.88 Å². The lowest BCUT2D eigenvalue weighted by Crippen LogP contribution is -2.22. The lowest BCUT2D eigenvalue weighted by Gasteiger charge is -2.25. The fraction of sp³-hybridized carbons (Fsp3) is 0.750. The van der Waals surface area contributed by atoms with Crippen molar-refractivity contribution in [2.75, 3.05) is 12.4 Å². The van der Waals surface area contributed by atoms with Gasteiger partial charge in [0.1, 0.15) is 0 Å². The van der Waals surface area contributed by atoms with Crippen molar-refractivity contribution in [3.63, 3.8) is 0 Å². The number of imidazole rings is 1. The molecule has 15 heavy (non-hydrogen) atoms. The minimum atomic E-state index is 0.700. The Bertz CT molecular complexity index is 281. The van der Waals surface area contributed by atoms with Crippen molar-refractivity contribution in [3.8, 4) is 0 Å². The van der Waals surface area contributed by atoms with Crippen LogP contribution in [0, 0.1) is 17.8 Å². The molecule has 0 aliphatic rings. The molecule has 0 fully saturated rings. The van der Waals surface area contributed by atoms with Gasteiger partial charge in [-0.3, -0.25) is 0 Å². The molecule has 0 aliphatic carbocycles. The third-order valence-corrected chi connectivity index (χ3v) is 3.06. The Morgan fingerprint density at radius 1 is 1.27 bits per heavy atom. The van der Waals surface area contributed by atoms with E-state index in [9.17, 15) is 0 Å². The first-order chi connectivity index (χ1) is 7.06. The highest BCUT2D eigenvalue weighted by Crippen LogP contribution is 2.23. The van der Waals surface area contributed by atoms with Crippen LogP contribution in [-0.2, 0) is 6.54 Å².